The maximum absolute atomic E-state index is 11.5. The number of esters is 1. The molecule has 0 heterocycles. The predicted molar refractivity (Wildman–Crippen MR) is 61.5 cm³/mol. The molecule has 0 aliphatic rings. The van der Waals surface area contributed by atoms with Crippen LogP contribution in [0, 0.1) is 0 Å². The lowest BCUT2D eigenvalue weighted by molar-refractivity contribution is -0.118. The Kier molecular flexibility index (Phi) is 4.05. The second-order valence-corrected chi connectivity index (χ2v) is 3.32. The van der Waals surface area contributed by atoms with Crippen LogP contribution in [0.5, 0.6) is 0 Å². The highest BCUT2D eigenvalue weighted by molar-refractivity contribution is 6.02. The van der Waals surface area contributed by atoms with Crippen molar-refractivity contribution in [2.45, 2.75) is 13.3 Å². The van der Waals surface area contributed by atoms with Gasteiger partial charge in [0.25, 0.3) is 0 Å². The molecule has 0 saturated carbocycles. The Morgan fingerprint density at radius 1 is 1.31 bits per heavy atom. The topological polar surface area (TPSA) is 46.6 Å². The molecule has 0 unspecified atom stereocenters. The zero-order chi connectivity index (χ0) is 12.1. The van der Waals surface area contributed by atoms with Gasteiger partial charge in [-0.2, -0.15) is 0 Å². The SMILES string of the molecule is CCC(=O)N(C)c1ccccc1C(=O)OC. The third kappa shape index (κ3) is 2.39. The highest BCUT2D eigenvalue weighted by Crippen LogP contribution is 2.20. The van der Waals surface area contributed by atoms with E-state index >= 15 is 0 Å². The minimum Gasteiger partial charge on any atom is -0.465 e. The van der Waals surface area contributed by atoms with Crippen LogP contribution in [-0.4, -0.2) is 26.0 Å². The molecule has 0 fully saturated rings. The van der Waals surface area contributed by atoms with E-state index in [-0.39, 0.29) is 5.91 Å². The van der Waals surface area contributed by atoms with Gasteiger partial charge in [0.15, 0.2) is 0 Å². The summed E-state index contributed by atoms with van der Waals surface area (Å²) in [6.07, 6.45) is 0.395. The highest BCUT2D eigenvalue weighted by atomic mass is 16.5. The van der Waals surface area contributed by atoms with E-state index in [1.165, 1.54) is 12.0 Å². The van der Waals surface area contributed by atoms with Gasteiger partial charge < -0.3 is 9.64 Å². The first-order valence-electron chi connectivity index (χ1n) is 5.05. The van der Waals surface area contributed by atoms with E-state index in [0.29, 0.717) is 17.7 Å². The standard InChI is InChI=1S/C12H15NO3/c1-4-11(14)13(2)10-8-6-5-7-9(10)12(15)16-3/h5-8H,4H2,1-3H3. The van der Waals surface area contributed by atoms with E-state index in [2.05, 4.69) is 4.74 Å². The Balaban J connectivity index is 3.13. The largest absolute Gasteiger partial charge is 0.465 e. The summed E-state index contributed by atoms with van der Waals surface area (Å²) >= 11 is 0. The van der Waals surface area contributed by atoms with Crippen molar-refractivity contribution in [2.75, 3.05) is 19.1 Å². The Morgan fingerprint density at radius 2 is 1.94 bits per heavy atom. The van der Waals surface area contributed by atoms with Gasteiger partial charge in [-0.05, 0) is 12.1 Å². The van der Waals surface area contributed by atoms with Crippen LogP contribution in [0.4, 0.5) is 5.69 Å². The number of methoxy groups -OCH3 is 1. The van der Waals surface area contributed by atoms with Crippen LogP contribution in [0.25, 0.3) is 0 Å². The molecule has 4 nitrogen and oxygen atoms in total. The van der Waals surface area contributed by atoms with Gasteiger partial charge in [0.2, 0.25) is 5.91 Å². The van der Waals surface area contributed by atoms with Crippen LogP contribution in [0.2, 0.25) is 0 Å². The van der Waals surface area contributed by atoms with Crippen LogP contribution in [0.3, 0.4) is 0 Å². The van der Waals surface area contributed by atoms with Crippen molar-refractivity contribution in [3.8, 4) is 0 Å². The molecule has 1 amide bonds. The Morgan fingerprint density at radius 3 is 2.50 bits per heavy atom. The van der Waals surface area contributed by atoms with Crippen molar-refractivity contribution in [3.05, 3.63) is 29.8 Å². The summed E-state index contributed by atoms with van der Waals surface area (Å²) in [5, 5.41) is 0. The summed E-state index contributed by atoms with van der Waals surface area (Å²) in [6, 6.07) is 6.88. The number of rotatable bonds is 3. The maximum atomic E-state index is 11.5. The number of benzene rings is 1. The number of anilines is 1. The van der Waals surface area contributed by atoms with Crippen molar-refractivity contribution < 1.29 is 14.3 Å². The number of amides is 1. The lowest BCUT2D eigenvalue weighted by Gasteiger charge is -2.18. The van der Waals surface area contributed by atoms with Crippen LogP contribution < -0.4 is 4.90 Å². The molecular weight excluding hydrogens is 206 g/mol. The summed E-state index contributed by atoms with van der Waals surface area (Å²) in [7, 11) is 2.97. The fraction of sp³-hybridized carbons (Fsp3) is 0.333. The number of hydrogen-bond donors (Lipinski definition) is 0. The molecule has 1 aromatic carbocycles. The zero-order valence-electron chi connectivity index (χ0n) is 9.69. The van der Waals surface area contributed by atoms with Gasteiger partial charge in [-0.25, -0.2) is 4.79 Å². The number of ether oxygens (including phenoxy) is 1. The number of nitrogens with zero attached hydrogens (tertiary/aromatic N) is 1. The summed E-state index contributed by atoms with van der Waals surface area (Å²) < 4.78 is 4.66. The zero-order valence-corrected chi connectivity index (χ0v) is 9.69. The average molecular weight is 221 g/mol. The monoisotopic (exact) mass is 221 g/mol. The van der Waals surface area contributed by atoms with E-state index in [1.54, 1.807) is 38.2 Å². The highest BCUT2D eigenvalue weighted by Gasteiger charge is 2.17. The summed E-state index contributed by atoms with van der Waals surface area (Å²) in [6.45, 7) is 1.78. The first-order chi connectivity index (χ1) is 7.61. The van der Waals surface area contributed by atoms with E-state index in [0.717, 1.165) is 0 Å². The Bertz CT molecular complexity index is 401. The molecule has 86 valence electrons. The van der Waals surface area contributed by atoms with Crippen molar-refractivity contribution in [3.63, 3.8) is 0 Å². The lowest BCUT2D eigenvalue weighted by atomic mass is 10.1. The molecule has 1 rings (SSSR count). The number of para-hydroxylation sites is 1. The van der Waals surface area contributed by atoms with Crippen molar-refractivity contribution in [2.24, 2.45) is 0 Å². The Hall–Kier alpha value is -1.84. The molecule has 1 aromatic rings. The molecule has 0 spiro atoms. The molecular formula is C12H15NO3. The Labute approximate surface area is 94.8 Å². The summed E-state index contributed by atoms with van der Waals surface area (Å²) in [4.78, 5) is 24.5. The smallest absolute Gasteiger partial charge is 0.339 e. The van der Waals surface area contributed by atoms with Gasteiger partial charge >= 0.3 is 5.97 Å². The molecule has 0 atom stereocenters. The first-order valence-corrected chi connectivity index (χ1v) is 5.05. The maximum Gasteiger partial charge on any atom is 0.339 e. The van der Waals surface area contributed by atoms with E-state index in [9.17, 15) is 9.59 Å². The normalized spacial score (nSPS) is 9.69. The van der Waals surface area contributed by atoms with Gasteiger partial charge in [0.05, 0.1) is 18.4 Å². The van der Waals surface area contributed by atoms with E-state index in [4.69, 9.17) is 0 Å². The van der Waals surface area contributed by atoms with Crippen molar-refractivity contribution in [1.29, 1.82) is 0 Å². The van der Waals surface area contributed by atoms with Gasteiger partial charge in [-0.1, -0.05) is 19.1 Å². The molecule has 0 bridgehead atoms. The predicted octanol–water partition coefficient (Wildman–Crippen LogP) is 1.85. The molecule has 0 aliphatic heterocycles. The van der Waals surface area contributed by atoms with Crippen LogP contribution in [-0.2, 0) is 9.53 Å². The molecule has 4 heteroatoms. The fourth-order valence-electron chi connectivity index (χ4n) is 1.42. The third-order valence-corrected chi connectivity index (χ3v) is 2.35. The number of hydrogen-bond acceptors (Lipinski definition) is 3. The average Bonchev–Trinajstić information content (AvgIpc) is 2.35. The van der Waals surface area contributed by atoms with Crippen molar-refractivity contribution >= 4 is 17.6 Å². The lowest BCUT2D eigenvalue weighted by Crippen LogP contribution is -2.27. The van der Waals surface area contributed by atoms with Crippen molar-refractivity contribution in [1.82, 2.24) is 0 Å². The minimum absolute atomic E-state index is 0.0450. The number of carbonyl (C=O) groups is 2. The molecule has 16 heavy (non-hydrogen) atoms. The van der Waals surface area contributed by atoms with Gasteiger partial charge in [-0.15, -0.1) is 0 Å². The minimum atomic E-state index is -0.439. The molecule has 0 aliphatic carbocycles. The van der Waals surface area contributed by atoms with E-state index < -0.39 is 5.97 Å². The van der Waals surface area contributed by atoms with Crippen LogP contribution in [0.1, 0.15) is 23.7 Å². The molecule has 0 radical (unpaired) electrons. The van der Waals surface area contributed by atoms with E-state index in [1.807, 2.05) is 0 Å². The molecule has 0 N–H and O–H groups in total. The summed E-state index contributed by atoms with van der Waals surface area (Å²) in [5.41, 5.74) is 0.968. The third-order valence-electron chi connectivity index (χ3n) is 2.35. The van der Waals surface area contributed by atoms with Gasteiger partial charge in [0.1, 0.15) is 0 Å². The van der Waals surface area contributed by atoms with Gasteiger partial charge in [0, 0.05) is 13.5 Å². The quantitative estimate of drug-likeness (QED) is 0.732. The summed E-state index contributed by atoms with van der Waals surface area (Å²) in [5.74, 6) is -0.484. The molecule has 0 saturated heterocycles. The van der Waals surface area contributed by atoms with Gasteiger partial charge in [-0.3, -0.25) is 4.79 Å². The van der Waals surface area contributed by atoms with Crippen LogP contribution >= 0.6 is 0 Å². The second-order valence-electron chi connectivity index (χ2n) is 3.32. The fourth-order valence-corrected chi connectivity index (χ4v) is 1.42. The van der Waals surface area contributed by atoms with Crippen LogP contribution in [0.15, 0.2) is 24.3 Å². The second kappa shape index (κ2) is 5.30. The first kappa shape index (κ1) is 12.2. The number of carbonyl (C=O) groups excluding carboxylic acids is 2. The molecule has 0 aromatic heterocycles.